The minimum absolute atomic E-state index is 0.327. The van der Waals surface area contributed by atoms with Gasteiger partial charge in [0.1, 0.15) is 0 Å². The quantitative estimate of drug-likeness (QED) is 0.526. The van der Waals surface area contributed by atoms with Gasteiger partial charge in [-0.05, 0) is 6.42 Å². The Kier molecular flexibility index (Phi) is 3.83. The molecule has 0 aromatic carbocycles. The van der Waals surface area contributed by atoms with Crippen molar-refractivity contribution >= 4 is 0 Å². The molecule has 2 atom stereocenters. The Hall–Kier alpha value is -0.120. The summed E-state index contributed by atoms with van der Waals surface area (Å²) in [5.74, 6) is 0. The molecule has 0 aromatic heterocycles. The highest BCUT2D eigenvalue weighted by Gasteiger charge is 2.18. The predicted molar refractivity (Wildman–Crippen MR) is 47.5 cm³/mol. The molecule has 1 aliphatic heterocycles. The van der Waals surface area contributed by atoms with E-state index in [-0.39, 0.29) is 0 Å². The van der Waals surface area contributed by atoms with Crippen molar-refractivity contribution in [2.75, 3.05) is 19.6 Å². The minimum Gasteiger partial charge on any atom is -0.326 e. The smallest absolute Gasteiger partial charge is 0.0344 e. The van der Waals surface area contributed by atoms with Crippen molar-refractivity contribution < 1.29 is 0 Å². The van der Waals surface area contributed by atoms with Crippen molar-refractivity contribution in [2.45, 2.75) is 31.8 Å². The van der Waals surface area contributed by atoms with Gasteiger partial charge in [-0.15, -0.1) is 0 Å². The largest absolute Gasteiger partial charge is 0.326 e. The summed E-state index contributed by atoms with van der Waals surface area (Å²) in [7, 11) is 0. The van der Waals surface area contributed by atoms with Crippen LogP contribution in [-0.4, -0.2) is 31.7 Å². The molecule has 1 heterocycles. The predicted octanol–water partition coefficient (Wildman–Crippen LogP) is -0.325. The molecular weight excluding hydrogens is 138 g/mol. The van der Waals surface area contributed by atoms with Crippen molar-refractivity contribution in [3.63, 3.8) is 0 Å². The average molecular weight is 157 g/mol. The molecule has 1 rings (SSSR count). The number of rotatable bonds is 3. The zero-order valence-corrected chi connectivity index (χ0v) is 7.27. The monoisotopic (exact) mass is 157 g/mol. The first-order chi connectivity index (χ1) is 5.34. The molecule has 1 saturated heterocycles. The molecule has 0 bridgehead atoms. The van der Waals surface area contributed by atoms with Crippen molar-refractivity contribution in [3.8, 4) is 0 Å². The van der Waals surface area contributed by atoms with Gasteiger partial charge in [0, 0.05) is 31.7 Å². The van der Waals surface area contributed by atoms with E-state index in [0.29, 0.717) is 12.1 Å². The van der Waals surface area contributed by atoms with Crippen LogP contribution in [0.1, 0.15) is 19.8 Å². The highest BCUT2D eigenvalue weighted by Crippen LogP contribution is 2.00. The second-order valence-corrected chi connectivity index (χ2v) is 3.22. The third-order valence-corrected chi connectivity index (χ3v) is 2.21. The van der Waals surface area contributed by atoms with Gasteiger partial charge in [0.05, 0.1) is 0 Å². The molecule has 11 heavy (non-hydrogen) atoms. The van der Waals surface area contributed by atoms with E-state index in [2.05, 4.69) is 17.6 Å². The summed E-state index contributed by atoms with van der Waals surface area (Å²) >= 11 is 0. The Morgan fingerprint density at radius 1 is 1.55 bits per heavy atom. The number of piperazine rings is 1. The van der Waals surface area contributed by atoms with Gasteiger partial charge in [-0.2, -0.15) is 0 Å². The summed E-state index contributed by atoms with van der Waals surface area (Å²) in [6, 6.07) is 0.816. The molecule has 0 saturated carbocycles. The molecule has 0 aromatic rings. The molecule has 3 nitrogen and oxygen atoms in total. The first kappa shape index (κ1) is 8.97. The van der Waals surface area contributed by atoms with E-state index in [4.69, 9.17) is 5.73 Å². The van der Waals surface area contributed by atoms with Crippen LogP contribution >= 0.6 is 0 Å². The van der Waals surface area contributed by atoms with Crippen LogP contribution in [0.4, 0.5) is 0 Å². The van der Waals surface area contributed by atoms with Gasteiger partial charge in [-0.3, -0.25) is 0 Å². The zero-order valence-electron chi connectivity index (χ0n) is 7.27. The highest BCUT2D eigenvalue weighted by atomic mass is 15.1. The van der Waals surface area contributed by atoms with Gasteiger partial charge in [0.25, 0.3) is 0 Å². The van der Waals surface area contributed by atoms with Crippen LogP contribution in [-0.2, 0) is 0 Å². The van der Waals surface area contributed by atoms with Gasteiger partial charge in [-0.1, -0.05) is 13.3 Å². The first-order valence-corrected chi connectivity index (χ1v) is 4.54. The lowest BCUT2D eigenvalue weighted by molar-refractivity contribution is 0.353. The molecule has 0 spiro atoms. The molecular formula is C8H19N3. The summed E-state index contributed by atoms with van der Waals surface area (Å²) in [6.45, 7) is 5.34. The lowest BCUT2D eigenvalue weighted by Crippen LogP contribution is -2.56. The number of hydrogen-bond acceptors (Lipinski definition) is 3. The van der Waals surface area contributed by atoms with E-state index < -0.39 is 0 Å². The summed E-state index contributed by atoms with van der Waals surface area (Å²) in [5.41, 5.74) is 5.96. The van der Waals surface area contributed by atoms with Gasteiger partial charge < -0.3 is 16.4 Å². The van der Waals surface area contributed by atoms with Crippen molar-refractivity contribution in [1.82, 2.24) is 10.6 Å². The van der Waals surface area contributed by atoms with E-state index in [1.54, 1.807) is 0 Å². The molecule has 66 valence electrons. The second kappa shape index (κ2) is 4.70. The molecule has 2 unspecified atom stereocenters. The summed E-state index contributed by atoms with van der Waals surface area (Å²) in [5, 5.41) is 6.75. The lowest BCUT2D eigenvalue weighted by atomic mass is 10.0. The van der Waals surface area contributed by atoms with Crippen LogP contribution in [0.15, 0.2) is 0 Å². The third-order valence-electron chi connectivity index (χ3n) is 2.21. The molecule has 0 amide bonds. The Morgan fingerprint density at radius 2 is 2.36 bits per heavy atom. The second-order valence-electron chi connectivity index (χ2n) is 3.22. The molecule has 1 aliphatic rings. The first-order valence-electron chi connectivity index (χ1n) is 4.54. The summed E-state index contributed by atoms with van der Waals surface area (Å²) in [6.07, 6.45) is 2.30. The van der Waals surface area contributed by atoms with Crippen molar-refractivity contribution in [3.05, 3.63) is 0 Å². The Morgan fingerprint density at radius 3 is 2.91 bits per heavy atom. The van der Waals surface area contributed by atoms with Crippen LogP contribution in [0.25, 0.3) is 0 Å². The fourth-order valence-electron chi connectivity index (χ4n) is 1.51. The van der Waals surface area contributed by atoms with E-state index in [1.165, 1.54) is 6.42 Å². The zero-order chi connectivity index (χ0) is 8.10. The van der Waals surface area contributed by atoms with Gasteiger partial charge in [0.2, 0.25) is 0 Å². The molecule has 0 radical (unpaired) electrons. The molecule has 0 aliphatic carbocycles. The fourth-order valence-corrected chi connectivity index (χ4v) is 1.51. The normalized spacial score (nSPS) is 28.4. The Balaban J connectivity index is 2.21. The van der Waals surface area contributed by atoms with Gasteiger partial charge in [0.15, 0.2) is 0 Å². The van der Waals surface area contributed by atoms with Crippen molar-refractivity contribution in [1.29, 1.82) is 0 Å². The third kappa shape index (κ3) is 2.77. The van der Waals surface area contributed by atoms with Crippen LogP contribution in [0.3, 0.4) is 0 Å². The van der Waals surface area contributed by atoms with Crippen LogP contribution in [0.5, 0.6) is 0 Å². The van der Waals surface area contributed by atoms with Crippen LogP contribution in [0.2, 0.25) is 0 Å². The highest BCUT2D eigenvalue weighted by molar-refractivity contribution is 4.84. The Labute approximate surface area is 68.7 Å². The minimum atomic E-state index is 0.327. The number of nitrogens with two attached hydrogens (primary N) is 1. The van der Waals surface area contributed by atoms with E-state index in [0.717, 1.165) is 26.1 Å². The number of nitrogens with one attached hydrogen (secondary N) is 2. The summed E-state index contributed by atoms with van der Waals surface area (Å²) in [4.78, 5) is 0. The molecule has 3 heteroatoms. The maximum absolute atomic E-state index is 5.96. The molecule has 4 N–H and O–H groups in total. The lowest BCUT2D eigenvalue weighted by Gasteiger charge is -2.29. The Bertz CT molecular complexity index is 99.5. The van der Waals surface area contributed by atoms with Crippen molar-refractivity contribution in [2.24, 2.45) is 5.73 Å². The topological polar surface area (TPSA) is 50.1 Å². The number of hydrogen-bond donors (Lipinski definition) is 3. The van der Waals surface area contributed by atoms with Gasteiger partial charge >= 0.3 is 0 Å². The molecule has 1 fully saturated rings. The maximum atomic E-state index is 5.96. The maximum Gasteiger partial charge on any atom is 0.0344 e. The van der Waals surface area contributed by atoms with Gasteiger partial charge in [-0.25, -0.2) is 0 Å². The van der Waals surface area contributed by atoms with Crippen LogP contribution < -0.4 is 16.4 Å². The van der Waals surface area contributed by atoms with E-state index in [9.17, 15) is 0 Å². The fraction of sp³-hybridized carbons (Fsp3) is 1.00. The SMILES string of the molecule is CCCC(N)C1CNCCN1. The summed E-state index contributed by atoms with van der Waals surface area (Å²) < 4.78 is 0. The average Bonchev–Trinajstić information content (AvgIpc) is 2.07. The van der Waals surface area contributed by atoms with E-state index in [1.807, 2.05) is 0 Å². The van der Waals surface area contributed by atoms with Crippen LogP contribution in [0, 0.1) is 0 Å². The standard InChI is InChI=1S/C8H19N3/c1-2-3-7(9)8-6-10-4-5-11-8/h7-8,10-11H,2-6,9H2,1H3. The van der Waals surface area contributed by atoms with E-state index >= 15 is 0 Å².